The van der Waals surface area contributed by atoms with Crippen molar-refractivity contribution >= 4 is 10.9 Å². The molecule has 6 heteroatoms. The van der Waals surface area contributed by atoms with Crippen molar-refractivity contribution < 1.29 is 24.4 Å². The second-order valence-corrected chi connectivity index (χ2v) is 7.58. The number of aliphatic hydroxyl groups is 2. The molecule has 0 radical (unpaired) electrons. The fraction of sp³-hybridized carbons (Fsp3) is 0.364. The molecule has 4 rings (SSSR count). The third-order valence-corrected chi connectivity index (χ3v) is 5.32. The lowest BCUT2D eigenvalue weighted by Crippen LogP contribution is -2.33. The van der Waals surface area contributed by atoms with E-state index in [0.29, 0.717) is 24.9 Å². The molecule has 148 valence electrons. The highest BCUT2D eigenvalue weighted by Gasteiger charge is 2.31. The summed E-state index contributed by atoms with van der Waals surface area (Å²) in [6.07, 6.45) is 1.26. The van der Waals surface area contributed by atoms with Crippen LogP contribution in [0.1, 0.15) is 35.6 Å². The Morgan fingerprint density at radius 2 is 1.93 bits per heavy atom. The number of aryl methyl sites for hydroxylation is 1. The van der Waals surface area contributed by atoms with Crippen molar-refractivity contribution in [1.82, 2.24) is 4.57 Å². The number of phenolic OH excluding ortho intramolecular Hbond substituents is 1. The van der Waals surface area contributed by atoms with E-state index < -0.39 is 18.3 Å². The van der Waals surface area contributed by atoms with Crippen LogP contribution < -0.4 is 0 Å². The molecule has 2 aromatic carbocycles. The van der Waals surface area contributed by atoms with E-state index >= 15 is 0 Å². The topological polar surface area (TPSA) is 74.8 Å². The van der Waals surface area contributed by atoms with Crippen molar-refractivity contribution in [3.8, 4) is 5.75 Å². The Morgan fingerprint density at radius 3 is 2.64 bits per heavy atom. The van der Waals surface area contributed by atoms with Gasteiger partial charge in [-0.3, -0.25) is 0 Å². The molecule has 3 aromatic rings. The Labute approximate surface area is 162 Å². The van der Waals surface area contributed by atoms with E-state index in [-0.39, 0.29) is 18.2 Å². The maximum absolute atomic E-state index is 14.9. The molecule has 3 N–H and O–H groups in total. The van der Waals surface area contributed by atoms with Crippen LogP contribution in [0.5, 0.6) is 5.75 Å². The molecular formula is C22H24FNO4. The monoisotopic (exact) mass is 385 g/mol. The average molecular weight is 385 g/mol. The molecule has 0 unspecified atom stereocenters. The zero-order chi connectivity index (χ0) is 19.8. The van der Waals surface area contributed by atoms with Gasteiger partial charge in [-0.05, 0) is 42.3 Å². The Kier molecular flexibility index (Phi) is 5.10. The number of fused-ring (bicyclic) bond motifs is 1. The summed E-state index contributed by atoms with van der Waals surface area (Å²) in [7, 11) is 0. The van der Waals surface area contributed by atoms with Crippen molar-refractivity contribution in [2.75, 3.05) is 6.61 Å². The second-order valence-electron chi connectivity index (χ2n) is 7.58. The maximum Gasteiger partial charge on any atom is 0.147 e. The summed E-state index contributed by atoms with van der Waals surface area (Å²) in [5.41, 5.74) is 3.04. The predicted molar refractivity (Wildman–Crippen MR) is 104 cm³/mol. The van der Waals surface area contributed by atoms with Crippen LogP contribution in [-0.4, -0.2) is 38.7 Å². The minimum absolute atomic E-state index is 0.160. The van der Waals surface area contributed by atoms with Gasteiger partial charge >= 0.3 is 0 Å². The van der Waals surface area contributed by atoms with Crippen LogP contribution in [0.4, 0.5) is 4.39 Å². The first-order valence-electron chi connectivity index (χ1n) is 9.45. The highest BCUT2D eigenvalue weighted by Crippen LogP contribution is 2.38. The van der Waals surface area contributed by atoms with E-state index in [0.717, 1.165) is 22.1 Å². The van der Waals surface area contributed by atoms with Crippen molar-refractivity contribution in [2.45, 2.75) is 44.6 Å². The molecule has 0 amide bonds. The number of aromatic nitrogens is 1. The van der Waals surface area contributed by atoms with Gasteiger partial charge in [0, 0.05) is 36.5 Å². The number of hydrogen-bond donors (Lipinski definition) is 3. The minimum atomic E-state index is -0.568. The Morgan fingerprint density at radius 1 is 1.18 bits per heavy atom. The smallest absolute Gasteiger partial charge is 0.147 e. The molecule has 28 heavy (non-hydrogen) atoms. The van der Waals surface area contributed by atoms with Gasteiger partial charge in [0.1, 0.15) is 11.6 Å². The Bertz CT molecular complexity index is 982. The lowest BCUT2D eigenvalue weighted by atomic mass is 9.95. The molecule has 1 aliphatic rings. The van der Waals surface area contributed by atoms with Crippen LogP contribution in [0.2, 0.25) is 0 Å². The van der Waals surface area contributed by atoms with Crippen molar-refractivity contribution in [2.24, 2.45) is 0 Å². The first-order valence-corrected chi connectivity index (χ1v) is 9.45. The van der Waals surface area contributed by atoms with Crippen LogP contribution in [0.25, 0.3) is 10.9 Å². The van der Waals surface area contributed by atoms with Gasteiger partial charge in [0.05, 0.1) is 30.4 Å². The van der Waals surface area contributed by atoms with E-state index in [1.54, 1.807) is 24.3 Å². The molecule has 3 atom stereocenters. The summed E-state index contributed by atoms with van der Waals surface area (Å²) >= 11 is 0. The predicted octanol–water partition coefficient (Wildman–Crippen LogP) is 3.42. The molecule has 1 fully saturated rings. The van der Waals surface area contributed by atoms with E-state index in [1.807, 2.05) is 23.8 Å². The molecule has 0 spiro atoms. The molecule has 5 nitrogen and oxygen atoms in total. The van der Waals surface area contributed by atoms with Gasteiger partial charge in [-0.25, -0.2) is 4.39 Å². The highest BCUT2D eigenvalue weighted by molar-refractivity contribution is 5.86. The molecular weight excluding hydrogens is 361 g/mol. The van der Waals surface area contributed by atoms with Crippen molar-refractivity contribution in [3.63, 3.8) is 0 Å². The molecule has 0 bridgehead atoms. The van der Waals surface area contributed by atoms with E-state index in [4.69, 9.17) is 4.74 Å². The van der Waals surface area contributed by atoms with Gasteiger partial charge in [0.25, 0.3) is 0 Å². The van der Waals surface area contributed by atoms with Gasteiger partial charge < -0.3 is 24.6 Å². The van der Waals surface area contributed by atoms with Gasteiger partial charge in [-0.15, -0.1) is 0 Å². The molecule has 0 aliphatic carbocycles. The Hall–Kier alpha value is -2.41. The zero-order valence-corrected chi connectivity index (χ0v) is 15.7. The second kappa shape index (κ2) is 7.54. The third kappa shape index (κ3) is 3.63. The molecule has 1 aliphatic heterocycles. The third-order valence-electron chi connectivity index (χ3n) is 5.32. The average Bonchev–Trinajstić information content (AvgIpc) is 3.01. The summed E-state index contributed by atoms with van der Waals surface area (Å²) in [4.78, 5) is 0. The van der Waals surface area contributed by atoms with Crippen molar-refractivity contribution in [1.29, 1.82) is 0 Å². The molecule has 0 saturated carbocycles. The summed E-state index contributed by atoms with van der Waals surface area (Å²) in [6, 6.07) is 10.3. The number of ether oxygens (including phenoxy) is 1. The summed E-state index contributed by atoms with van der Waals surface area (Å²) in [5.74, 6) is -0.127. The SMILES string of the molecule is Cc1cc(F)c2c(c1)c([C@H]1C[C@@H](O)C[C@@H](CO)O1)cn2Cc1ccc(O)cc1. The van der Waals surface area contributed by atoms with E-state index in [1.165, 1.54) is 6.07 Å². The van der Waals surface area contributed by atoms with Crippen LogP contribution in [0.3, 0.4) is 0 Å². The van der Waals surface area contributed by atoms with Crippen LogP contribution >= 0.6 is 0 Å². The normalized spacial score (nSPS) is 22.6. The van der Waals surface area contributed by atoms with Gasteiger partial charge in [-0.1, -0.05) is 12.1 Å². The van der Waals surface area contributed by atoms with Crippen LogP contribution in [0.15, 0.2) is 42.6 Å². The largest absolute Gasteiger partial charge is 0.508 e. The first kappa shape index (κ1) is 18.9. The fourth-order valence-electron chi connectivity index (χ4n) is 4.04. The number of benzene rings is 2. The maximum atomic E-state index is 14.9. The van der Waals surface area contributed by atoms with Gasteiger partial charge in [-0.2, -0.15) is 0 Å². The van der Waals surface area contributed by atoms with Crippen LogP contribution in [-0.2, 0) is 11.3 Å². The van der Waals surface area contributed by atoms with Gasteiger partial charge in [0.15, 0.2) is 0 Å². The number of aliphatic hydroxyl groups excluding tert-OH is 2. The summed E-state index contributed by atoms with van der Waals surface area (Å²) in [5, 5.41) is 29.9. The van der Waals surface area contributed by atoms with E-state index in [2.05, 4.69) is 0 Å². The minimum Gasteiger partial charge on any atom is -0.508 e. The number of hydrogen-bond acceptors (Lipinski definition) is 4. The summed E-state index contributed by atoms with van der Waals surface area (Å²) < 4.78 is 22.7. The zero-order valence-electron chi connectivity index (χ0n) is 15.7. The molecule has 2 heterocycles. The number of aromatic hydroxyl groups is 1. The quantitative estimate of drug-likeness (QED) is 0.643. The summed E-state index contributed by atoms with van der Waals surface area (Å²) in [6.45, 7) is 2.12. The number of phenols is 1. The number of nitrogens with zero attached hydrogens (tertiary/aromatic N) is 1. The van der Waals surface area contributed by atoms with E-state index in [9.17, 15) is 19.7 Å². The van der Waals surface area contributed by atoms with Crippen molar-refractivity contribution in [3.05, 3.63) is 65.1 Å². The number of rotatable bonds is 4. The number of halogens is 1. The molecule has 1 aromatic heterocycles. The lowest BCUT2D eigenvalue weighted by Gasteiger charge is -2.32. The van der Waals surface area contributed by atoms with Crippen LogP contribution in [0, 0.1) is 12.7 Å². The first-order chi connectivity index (χ1) is 13.4. The lowest BCUT2D eigenvalue weighted by molar-refractivity contribution is -0.113. The highest BCUT2D eigenvalue weighted by atomic mass is 19.1. The molecule has 1 saturated heterocycles. The standard InChI is InChI=1S/C22H24FNO4/c1-13-6-18-19(21-9-16(27)8-17(12-25)28-21)11-24(22(18)20(23)7-13)10-14-2-4-15(26)5-3-14/h2-7,11,16-17,21,25-27H,8-10,12H2,1H3/t16-,17-,21+/m0/s1. The Balaban J connectivity index is 1.79. The van der Waals surface area contributed by atoms with Gasteiger partial charge in [0.2, 0.25) is 0 Å². The fourth-order valence-corrected chi connectivity index (χ4v) is 4.04.